The maximum atomic E-state index is 12.8. The normalized spacial score (nSPS) is 17.1. The van der Waals surface area contributed by atoms with Gasteiger partial charge in [-0.15, -0.1) is 0 Å². The Bertz CT molecular complexity index is 971. The number of ether oxygens (including phenoxy) is 1. The van der Waals surface area contributed by atoms with Crippen LogP contribution in [0.15, 0.2) is 42.5 Å². The van der Waals surface area contributed by atoms with Crippen LogP contribution in [0.5, 0.6) is 5.75 Å². The second-order valence-corrected chi connectivity index (χ2v) is 9.71. The van der Waals surface area contributed by atoms with Gasteiger partial charge < -0.3 is 15.0 Å². The van der Waals surface area contributed by atoms with Crippen LogP contribution in [-0.2, 0) is 16.8 Å². The number of carbonyl (C=O) groups excluding carboxylic acids is 2. The van der Waals surface area contributed by atoms with Crippen molar-refractivity contribution in [3.63, 3.8) is 0 Å². The van der Waals surface area contributed by atoms with Crippen LogP contribution < -0.4 is 15.0 Å². The van der Waals surface area contributed by atoms with E-state index in [1.807, 2.05) is 36.4 Å². The average Bonchev–Trinajstić information content (AvgIpc) is 2.75. The molecule has 0 atom stereocenters. The molecule has 1 heterocycles. The summed E-state index contributed by atoms with van der Waals surface area (Å²) in [6.07, 6.45) is 5.73. The third kappa shape index (κ3) is 4.92. The zero-order valence-electron chi connectivity index (χ0n) is 18.7. The summed E-state index contributed by atoms with van der Waals surface area (Å²) >= 11 is 0. The standard InChI is InChI=1S/C26H32N2O3/c1-26(2,3)20-12-13-23-22(15-20)28(24(29)17-31-23)16-18-8-7-9-19(14-18)25(30)27-21-10-5-4-6-11-21/h7-9,12-15,21H,4-6,10-11,16-17H2,1-3H3,(H,27,30). The Kier molecular flexibility index (Phi) is 6.03. The summed E-state index contributed by atoms with van der Waals surface area (Å²) in [6, 6.07) is 13.9. The van der Waals surface area contributed by atoms with E-state index in [9.17, 15) is 9.59 Å². The zero-order valence-corrected chi connectivity index (χ0v) is 18.7. The molecule has 0 spiro atoms. The maximum absolute atomic E-state index is 12.8. The Morgan fingerprint density at radius 2 is 1.87 bits per heavy atom. The molecule has 164 valence electrons. The second-order valence-electron chi connectivity index (χ2n) is 9.71. The molecule has 2 amide bonds. The Morgan fingerprint density at radius 3 is 2.61 bits per heavy atom. The van der Waals surface area contributed by atoms with E-state index in [0.717, 1.165) is 35.4 Å². The topological polar surface area (TPSA) is 58.6 Å². The van der Waals surface area contributed by atoms with Gasteiger partial charge in [0.2, 0.25) is 0 Å². The van der Waals surface area contributed by atoms with Gasteiger partial charge >= 0.3 is 0 Å². The lowest BCUT2D eigenvalue weighted by atomic mass is 9.86. The summed E-state index contributed by atoms with van der Waals surface area (Å²) in [6.45, 7) is 6.90. The molecule has 5 heteroatoms. The predicted octanol–water partition coefficient (Wildman–Crippen LogP) is 4.97. The molecule has 0 saturated heterocycles. The number of rotatable bonds is 4. The van der Waals surface area contributed by atoms with Gasteiger partial charge in [-0.3, -0.25) is 9.59 Å². The lowest BCUT2D eigenvalue weighted by Gasteiger charge is -2.31. The monoisotopic (exact) mass is 420 g/mol. The molecule has 0 unspecified atom stereocenters. The molecular formula is C26H32N2O3. The predicted molar refractivity (Wildman–Crippen MR) is 123 cm³/mol. The largest absolute Gasteiger partial charge is 0.482 e. The van der Waals surface area contributed by atoms with Crippen molar-refractivity contribution in [3.05, 3.63) is 59.2 Å². The van der Waals surface area contributed by atoms with E-state index in [-0.39, 0.29) is 29.9 Å². The van der Waals surface area contributed by atoms with Crippen LogP contribution in [0.2, 0.25) is 0 Å². The first-order valence-electron chi connectivity index (χ1n) is 11.3. The van der Waals surface area contributed by atoms with Gasteiger partial charge in [0.05, 0.1) is 12.2 Å². The molecule has 0 aromatic heterocycles. The SMILES string of the molecule is CC(C)(C)c1ccc2c(c1)N(Cc1cccc(C(=O)NC3CCCCC3)c1)C(=O)CO2. The highest BCUT2D eigenvalue weighted by Crippen LogP contribution is 2.37. The van der Waals surface area contributed by atoms with Gasteiger partial charge in [-0.25, -0.2) is 0 Å². The van der Waals surface area contributed by atoms with E-state index in [2.05, 4.69) is 32.2 Å². The smallest absolute Gasteiger partial charge is 0.265 e. The van der Waals surface area contributed by atoms with Crippen molar-refractivity contribution in [2.75, 3.05) is 11.5 Å². The van der Waals surface area contributed by atoms with Gasteiger partial charge in [-0.1, -0.05) is 58.2 Å². The molecule has 1 N–H and O–H groups in total. The first kappa shape index (κ1) is 21.4. The van der Waals surface area contributed by atoms with Gasteiger partial charge in [-0.2, -0.15) is 0 Å². The van der Waals surface area contributed by atoms with Crippen molar-refractivity contribution < 1.29 is 14.3 Å². The molecule has 2 aromatic carbocycles. The average molecular weight is 421 g/mol. The van der Waals surface area contributed by atoms with Crippen molar-refractivity contribution in [3.8, 4) is 5.75 Å². The number of fused-ring (bicyclic) bond motifs is 1. The number of amides is 2. The van der Waals surface area contributed by atoms with E-state index in [0.29, 0.717) is 12.1 Å². The lowest BCUT2D eigenvalue weighted by Crippen LogP contribution is -2.38. The first-order valence-corrected chi connectivity index (χ1v) is 11.3. The van der Waals surface area contributed by atoms with Gasteiger partial charge in [0.1, 0.15) is 5.75 Å². The molecule has 31 heavy (non-hydrogen) atoms. The minimum absolute atomic E-state index is 0.0294. The van der Waals surface area contributed by atoms with Crippen LogP contribution in [-0.4, -0.2) is 24.5 Å². The highest BCUT2D eigenvalue weighted by molar-refractivity contribution is 5.98. The zero-order chi connectivity index (χ0) is 22.0. The lowest BCUT2D eigenvalue weighted by molar-refractivity contribution is -0.121. The van der Waals surface area contributed by atoms with Gasteiger partial charge in [0.25, 0.3) is 11.8 Å². The van der Waals surface area contributed by atoms with Crippen LogP contribution in [0.4, 0.5) is 5.69 Å². The molecule has 1 fully saturated rings. The Morgan fingerprint density at radius 1 is 1.10 bits per heavy atom. The van der Waals surface area contributed by atoms with Crippen molar-refractivity contribution in [2.45, 2.75) is 70.9 Å². The number of nitrogens with zero attached hydrogens (tertiary/aromatic N) is 1. The summed E-state index contributed by atoms with van der Waals surface area (Å²) in [5.74, 6) is 0.617. The number of nitrogens with one attached hydrogen (secondary N) is 1. The van der Waals surface area contributed by atoms with E-state index in [1.165, 1.54) is 19.3 Å². The van der Waals surface area contributed by atoms with Crippen LogP contribution in [0.25, 0.3) is 0 Å². The fourth-order valence-corrected chi connectivity index (χ4v) is 4.35. The summed E-state index contributed by atoms with van der Waals surface area (Å²) in [4.78, 5) is 27.3. The number of carbonyl (C=O) groups is 2. The first-order chi connectivity index (χ1) is 14.8. The van der Waals surface area contributed by atoms with E-state index in [1.54, 1.807) is 4.90 Å². The van der Waals surface area contributed by atoms with Gasteiger partial charge in [0.15, 0.2) is 6.61 Å². The molecule has 2 aliphatic rings. The van der Waals surface area contributed by atoms with Crippen LogP contribution >= 0.6 is 0 Å². The Labute approximate surface area is 184 Å². The maximum Gasteiger partial charge on any atom is 0.265 e. The van der Waals surface area contributed by atoms with Crippen molar-refractivity contribution >= 4 is 17.5 Å². The third-order valence-electron chi connectivity index (χ3n) is 6.24. The molecule has 1 aliphatic carbocycles. The summed E-state index contributed by atoms with van der Waals surface area (Å²) in [5.41, 5.74) is 3.49. The fraction of sp³-hybridized carbons (Fsp3) is 0.462. The van der Waals surface area contributed by atoms with Crippen LogP contribution in [0.3, 0.4) is 0 Å². The second kappa shape index (κ2) is 8.74. The van der Waals surface area contributed by atoms with Crippen LogP contribution in [0.1, 0.15) is 74.4 Å². The summed E-state index contributed by atoms with van der Waals surface area (Å²) < 4.78 is 5.66. The quantitative estimate of drug-likeness (QED) is 0.760. The van der Waals surface area contributed by atoms with Crippen molar-refractivity contribution in [1.82, 2.24) is 5.32 Å². The molecule has 0 bridgehead atoms. The van der Waals surface area contributed by atoms with Crippen LogP contribution in [0, 0.1) is 0 Å². The third-order valence-corrected chi connectivity index (χ3v) is 6.24. The van der Waals surface area contributed by atoms with Gasteiger partial charge in [0, 0.05) is 11.6 Å². The molecule has 1 saturated carbocycles. The molecular weight excluding hydrogens is 388 g/mol. The summed E-state index contributed by atoms with van der Waals surface area (Å²) in [7, 11) is 0. The Hall–Kier alpha value is -2.82. The molecule has 2 aromatic rings. The molecule has 4 rings (SSSR count). The minimum atomic E-state index is -0.0735. The Balaban J connectivity index is 1.55. The number of hydrogen-bond donors (Lipinski definition) is 1. The summed E-state index contributed by atoms with van der Waals surface area (Å²) in [5, 5.41) is 3.18. The molecule has 0 radical (unpaired) electrons. The van der Waals surface area contributed by atoms with E-state index < -0.39 is 0 Å². The fourth-order valence-electron chi connectivity index (χ4n) is 4.35. The number of anilines is 1. The molecule has 5 nitrogen and oxygen atoms in total. The van der Waals surface area contributed by atoms with E-state index in [4.69, 9.17) is 4.74 Å². The highest BCUT2D eigenvalue weighted by Gasteiger charge is 2.28. The molecule has 1 aliphatic heterocycles. The highest BCUT2D eigenvalue weighted by atomic mass is 16.5. The van der Waals surface area contributed by atoms with Crippen molar-refractivity contribution in [2.24, 2.45) is 0 Å². The van der Waals surface area contributed by atoms with E-state index >= 15 is 0 Å². The minimum Gasteiger partial charge on any atom is -0.482 e. The van der Waals surface area contributed by atoms with Crippen molar-refractivity contribution in [1.29, 1.82) is 0 Å². The number of benzene rings is 2. The number of hydrogen-bond acceptors (Lipinski definition) is 3. The van der Waals surface area contributed by atoms with Gasteiger partial charge in [-0.05, 0) is 53.6 Å².